The number of hydrogen-bond donors (Lipinski definition) is 2. The Morgan fingerprint density at radius 1 is 1.26 bits per heavy atom. The first-order valence-electron chi connectivity index (χ1n) is 8.77. The van der Waals surface area contributed by atoms with E-state index < -0.39 is 12.3 Å². The molecular weight excluding hydrogens is 365 g/mol. The van der Waals surface area contributed by atoms with Gasteiger partial charge < -0.3 is 15.2 Å². The summed E-state index contributed by atoms with van der Waals surface area (Å²) >= 11 is 0. The molecule has 150 valence electrons. The van der Waals surface area contributed by atoms with E-state index in [-0.39, 0.29) is 37.1 Å². The van der Waals surface area contributed by atoms with Crippen molar-refractivity contribution in [2.45, 2.75) is 38.6 Å². The van der Waals surface area contributed by atoms with E-state index in [0.717, 1.165) is 19.4 Å². The van der Waals surface area contributed by atoms with Gasteiger partial charge in [-0.25, -0.2) is 0 Å². The van der Waals surface area contributed by atoms with Gasteiger partial charge >= 0.3 is 12.3 Å². The Morgan fingerprint density at radius 3 is 2.59 bits per heavy atom. The third kappa shape index (κ3) is 8.29. The van der Waals surface area contributed by atoms with Crippen molar-refractivity contribution in [1.82, 2.24) is 10.2 Å². The van der Waals surface area contributed by atoms with Crippen LogP contribution in [0.3, 0.4) is 0 Å². The normalized spacial score (nSPS) is 18.1. The molecule has 2 rings (SSSR count). The highest BCUT2D eigenvalue weighted by molar-refractivity contribution is 5.78. The molecule has 1 saturated heterocycles. The minimum Gasteiger partial charge on any atom is -0.481 e. The molecule has 0 aromatic heterocycles. The zero-order valence-corrected chi connectivity index (χ0v) is 14.8. The first kappa shape index (κ1) is 21.0. The zero-order chi connectivity index (χ0) is 19.9. The molecule has 1 atom stereocenters. The summed E-state index contributed by atoms with van der Waals surface area (Å²) in [5.41, 5.74) is 0.663. The number of aliphatic carboxylic acids is 1. The lowest BCUT2D eigenvalue weighted by Gasteiger charge is -2.32. The number of carbonyl (C=O) groups is 2. The number of nitrogens with zero attached hydrogens (tertiary/aromatic N) is 1. The van der Waals surface area contributed by atoms with Crippen LogP contribution in [0.1, 0.15) is 31.2 Å². The summed E-state index contributed by atoms with van der Waals surface area (Å²) in [6, 6.07) is 5.33. The number of nitrogens with one attached hydrogen (secondary N) is 1. The van der Waals surface area contributed by atoms with E-state index in [9.17, 15) is 22.8 Å². The lowest BCUT2D eigenvalue weighted by Crippen LogP contribution is -2.42. The van der Waals surface area contributed by atoms with Crippen molar-refractivity contribution >= 4 is 11.9 Å². The third-order valence-corrected chi connectivity index (χ3v) is 4.38. The van der Waals surface area contributed by atoms with E-state index in [1.165, 1.54) is 24.3 Å². The highest BCUT2D eigenvalue weighted by atomic mass is 19.4. The molecule has 0 spiro atoms. The van der Waals surface area contributed by atoms with Gasteiger partial charge in [-0.15, -0.1) is 13.2 Å². The van der Waals surface area contributed by atoms with Crippen molar-refractivity contribution in [2.75, 3.05) is 19.6 Å². The maximum atomic E-state index is 12.1. The minimum atomic E-state index is -4.73. The summed E-state index contributed by atoms with van der Waals surface area (Å²) in [6.45, 7) is 1.92. The first-order valence-corrected chi connectivity index (χ1v) is 8.77. The molecule has 1 aromatic carbocycles. The number of ether oxygens (including phenoxy) is 1. The largest absolute Gasteiger partial charge is 0.573 e. The van der Waals surface area contributed by atoms with E-state index in [1.54, 1.807) is 0 Å². The van der Waals surface area contributed by atoms with Crippen LogP contribution in [0.25, 0.3) is 0 Å². The van der Waals surface area contributed by atoms with Crippen LogP contribution in [0.15, 0.2) is 24.3 Å². The highest BCUT2D eigenvalue weighted by Gasteiger charge is 2.31. The molecule has 1 unspecified atom stereocenters. The van der Waals surface area contributed by atoms with Crippen molar-refractivity contribution in [3.05, 3.63) is 29.8 Å². The molecule has 1 heterocycles. The predicted molar refractivity (Wildman–Crippen MR) is 91.0 cm³/mol. The van der Waals surface area contributed by atoms with Gasteiger partial charge in [0.1, 0.15) is 5.75 Å². The van der Waals surface area contributed by atoms with Gasteiger partial charge in [0.2, 0.25) is 5.91 Å². The maximum Gasteiger partial charge on any atom is 0.573 e. The first-order chi connectivity index (χ1) is 12.7. The molecular formula is C18H23F3N2O4. The standard InChI is InChI=1S/C18H23F3N2O4/c19-18(20,21)27-15-6-3-13(4-7-15)10-22-16(24)12-23-9-1-2-14(11-23)5-8-17(25)26/h3-4,6-7,14H,1-2,5,8-12H2,(H,22,24)(H,25,26). The second-order valence-corrected chi connectivity index (χ2v) is 6.64. The van der Waals surface area contributed by atoms with Gasteiger partial charge in [0.05, 0.1) is 6.54 Å². The number of amides is 1. The summed E-state index contributed by atoms with van der Waals surface area (Å²) in [5, 5.41) is 11.5. The summed E-state index contributed by atoms with van der Waals surface area (Å²) in [7, 11) is 0. The number of piperidine rings is 1. The van der Waals surface area contributed by atoms with Crippen molar-refractivity contribution in [1.29, 1.82) is 0 Å². The van der Waals surface area contributed by atoms with Crippen molar-refractivity contribution in [2.24, 2.45) is 5.92 Å². The molecule has 6 nitrogen and oxygen atoms in total. The quantitative estimate of drug-likeness (QED) is 0.716. The lowest BCUT2D eigenvalue weighted by atomic mass is 9.93. The molecule has 0 radical (unpaired) electrons. The molecule has 1 aromatic rings. The van der Waals surface area contributed by atoms with Crippen molar-refractivity contribution < 1.29 is 32.6 Å². The van der Waals surface area contributed by atoms with E-state index in [1.807, 2.05) is 4.90 Å². The van der Waals surface area contributed by atoms with Crippen molar-refractivity contribution in [3.63, 3.8) is 0 Å². The summed E-state index contributed by atoms with van der Waals surface area (Å²) in [6.07, 6.45) is -2.08. The molecule has 9 heteroatoms. The molecule has 1 aliphatic rings. The molecule has 0 saturated carbocycles. The highest BCUT2D eigenvalue weighted by Crippen LogP contribution is 2.23. The van der Waals surface area contributed by atoms with Crippen LogP contribution in [0.2, 0.25) is 0 Å². The van der Waals surface area contributed by atoms with E-state index in [2.05, 4.69) is 10.1 Å². The fourth-order valence-corrected chi connectivity index (χ4v) is 3.13. The minimum absolute atomic E-state index is 0.138. The van der Waals surface area contributed by atoms with Gasteiger partial charge in [-0.2, -0.15) is 0 Å². The molecule has 2 N–H and O–H groups in total. The van der Waals surface area contributed by atoms with Gasteiger partial charge in [-0.1, -0.05) is 12.1 Å². The molecule has 0 bridgehead atoms. The van der Waals surface area contributed by atoms with E-state index in [4.69, 9.17) is 5.11 Å². The smallest absolute Gasteiger partial charge is 0.481 e. The molecule has 1 amide bonds. The van der Waals surface area contributed by atoms with Gasteiger partial charge in [-0.3, -0.25) is 14.5 Å². The number of hydrogen-bond acceptors (Lipinski definition) is 4. The number of carbonyl (C=O) groups excluding carboxylic acids is 1. The Hall–Kier alpha value is -2.29. The Kier molecular flexibility index (Phi) is 7.46. The van der Waals surface area contributed by atoms with Crippen molar-refractivity contribution in [3.8, 4) is 5.75 Å². The maximum absolute atomic E-state index is 12.1. The van der Waals surface area contributed by atoms with Gasteiger partial charge in [0.15, 0.2) is 0 Å². The molecule has 1 fully saturated rings. The third-order valence-electron chi connectivity index (χ3n) is 4.38. The van der Waals surface area contributed by atoms with Gasteiger partial charge in [0, 0.05) is 19.5 Å². The average Bonchev–Trinajstić information content (AvgIpc) is 2.58. The number of carboxylic acids is 1. The molecule has 1 aliphatic heterocycles. The number of carboxylic acid groups (broad SMARTS) is 1. The monoisotopic (exact) mass is 388 g/mol. The average molecular weight is 388 g/mol. The van der Waals surface area contributed by atoms with Crippen LogP contribution >= 0.6 is 0 Å². The Balaban J connectivity index is 1.73. The number of benzene rings is 1. The lowest BCUT2D eigenvalue weighted by molar-refractivity contribution is -0.274. The molecule has 0 aliphatic carbocycles. The van der Waals surface area contributed by atoms with Crippen LogP contribution < -0.4 is 10.1 Å². The van der Waals surface area contributed by atoms with Crippen LogP contribution in [0, 0.1) is 5.92 Å². The topological polar surface area (TPSA) is 78.9 Å². The van der Waals surface area contributed by atoms with Crippen LogP contribution in [0.4, 0.5) is 13.2 Å². The van der Waals surface area contributed by atoms with Crippen LogP contribution in [-0.2, 0) is 16.1 Å². The van der Waals surface area contributed by atoms with E-state index in [0.29, 0.717) is 18.5 Å². The van der Waals surface area contributed by atoms with E-state index >= 15 is 0 Å². The van der Waals surface area contributed by atoms with Gasteiger partial charge in [-0.05, 0) is 49.4 Å². The number of likely N-dealkylation sites (tertiary alicyclic amines) is 1. The fraction of sp³-hybridized carbons (Fsp3) is 0.556. The summed E-state index contributed by atoms with van der Waals surface area (Å²) in [5.74, 6) is -1.01. The second kappa shape index (κ2) is 9.59. The number of halogens is 3. The molecule has 27 heavy (non-hydrogen) atoms. The second-order valence-electron chi connectivity index (χ2n) is 6.64. The number of rotatable bonds is 8. The van der Waals surface area contributed by atoms with Gasteiger partial charge in [0.25, 0.3) is 0 Å². The number of alkyl halides is 3. The predicted octanol–water partition coefficient (Wildman–Crippen LogP) is 2.78. The van der Waals surface area contributed by atoms with Crippen LogP contribution in [-0.4, -0.2) is 47.9 Å². The Morgan fingerprint density at radius 2 is 1.96 bits per heavy atom. The zero-order valence-electron chi connectivity index (χ0n) is 14.8. The van der Waals surface area contributed by atoms with Crippen LogP contribution in [0.5, 0.6) is 5.75 Å². The fourth-order valence-electron chi connectivity index (χ4n) is 3.13. The Labute approximate surface area is 155 Å². The SMILES string of the molecule is O=C(O)CCC1CCCN(CC(=O)NCc2ccc(OC(F)(F)F)cc2)C1. The Bertz CT molecular complexity index is 634. The summed E-state index contributed by atoms with van der Waals surface area (Å²) < 4.78 is 40.2. The summed E-state index contributed by atoms with van der Waals surface area (Å²) in [4.78, 5) is 24.8.